The van der Waals surface area contributed by atoms with Crippen LogP contribution in [0.15, 0.2) is 54.9 Å². The van der Waals surface area contributed by atoms with Crippen molar-refractivity contribution in [3.63, 3.8) is 0 Å². The summed E-state index contributed by atoms with van der Waals surface area (Å²) in [7, 11) is 3.48. The van der Waals surface area contributed by atoms with Crippen molar-refractivity contribution in [3.8, 4) is 17.0 Å². The van der Waals surface area contributed by atoms with Crippen molar-refractivity contribution in [1.29, 1.82) is 0 Å². The number of carbonyl (C=O) groups is 2. The summed E-state index contributed by atoms with van der Waals surface area (Å²) in [6.07, 6.45) is 5.63. The van der Waals surface area contributed by atoms with Crippen LogP contribution in [0.2, 0.25) is 0 Å². The average Bonchev–Trinajstić information content (AvgIpc) is 3.20. The maximum Gasteiger partial charge on any atom is 0.253 e. The van der Waals surface area contributed by atoms with Crippen molar-refractivity contribution in [2.45, 2.75) is 25.3 Å². The zero-order chi connectivity index (χ0) is 22.2. The van der Waals surface area contributed by atoms with Gasteiger partial charge in [0.1, 0.15) is 12.3 Å². The van der Waals surface area contributed by atoms with Crippen LogP contribution in [-0.2, 0) is 11.2 Å². The van der Waals surface area contributed by atoms with Gasteiger partial charge in [0.2, 0.25) is 11.8 Å². The van der Waals surface area contributed by atoms with E-state index in [0.29, 0.717) is 30.9 Å². The van der Waals surface area contributed by atoms with Crippen LogP contribution in [0.3, 0.4) is 0 Å². The molecular formula is C25H24N4O3. The first-order chi connectivity index (χ1) is 15.5. The highest BCUT2D eigenvalue weighted by Crippen LogP contribution is 2.37. The van der Waals surface area contributed by atoms with Gasteiger partial charge in [-0.3, -0.25) is 14.6 Å². The van der Waals surface area contributed by atoms with Gasteiger partial charge in [0.25, 0.3) is 5.91 Å². The van der Waals surface area contributed by atoms with E-state index in [1.165, 1.54) is 0 Å². The summed E-state index contributed by atoms with van der Waals surface area (Å²) in [5.41, 5.74) is 5.32. The molecule has 0 aliphatic carbocycles. The normalized spacial score (nSPS) is 16.9. The standard InChI is InChI=1S/C25H24N4O3/c1-28(2)25(31)18-5-3-17(4-6-18)19-7-8-20(26-14-19)11-16-12-22-24(27-13-16)32-15-21-9-10-23(30)29(21)22/h3-8,12-14,21H,9-11,15H2,1-2H3/t21-/m0/s1. The Bertz CT molecular complexity index is 1170. The van der Waals surface area contributed by atoms with Gasteiger partial charge in [0.15, 0.2) is 0 Å². The van der Waals surface area contributed by atoms with Crippen molar-refractivity contribution >= 4 is 17.5 Å². The molecule has 0 bridgehead atoms. The first-order valence-electron chi connectivity index (χ1n) is 10.7. The lowest BCUT2D eigenvalue weighted by molar-refractivity contribution is -0.117. The van der Waals surface area contributed by atoms with E-state index in [0.717, 1.165) is 34.5 Å². The lowest BCUT2D eigenvalue weighted by Crippen LogP contribution is -2.40. The van der Waals surface area contributed by atoms with Gasteiger partial charge in [-0.25, -0.2) is 4.98 Å². The molecule has 2 amide bonds. The van der Waals surface area contributed by atoms with E-state index in [1.807, 2.05) is 53.6 Å². The Morgan fingerprint density at radius 1 is 1.09 bits per heavy atom. The smallest absolute Gasteiger partial charge is 0.253 e. The maximum atomic E-state index is 12.3. The number of hydrogen-bond acceptors (Lipinski definition) is 5. The SMILES string of the molecule is CN(C)C(=O)c1ccc(-c2ccc(Cc3cnc4c(c3)N3C(=O)CC[C@H]3CO4)nc2)cc1. The first-order valence-corrected chi connectivity index (χ1v) is 10.7. The van der Waals surface area contributed by atoms with Crippen molar-refractivity contribution in [1.82, 2.24) is 14.9 Å². The zero-order valence-corrected chi connectivity index (χ0v) is 18.1. The van der Waals surface area contributed by atoms with Gasteiger partial charge in [-0.2, -0.15) is 0 Å². The Balaban J connectivity index is 1.32. The molecule has 2 aliphatic heterocycles. The highest BCUT2D eigenvalue weighted by molar-refractivity contribution is 5.98. The number of aromatic nitrogens is 2. The lowest BCUT2D eigenvalue weighted by atomic mass is 10.0. The Labute approximate surface area is 186 Å². The van der Waals surface area contributed by atoms with E-state index >= 15 is 0 Å². The molecule has 4 heterocycles. The molecule has 0 saturated carbocycles. The van der Waals surface area contributed by atoms with Crippen LogP contribution >= 0.6 is 0 Å². The molecule has 162 valence electrons. The van der Waals surface area contributed by atoms with Gasteiger partial charge in [0, 0.05) is 56.2 Å². The molecule has 0 unspecified atom stereocenters. The predicted octanol–water partition coefficient (Wildman–Crippen LogP) is 3.32. The van der Waals surface area contributed by atoms with E-state index in [-0.39, 0.29) is 17.9 Å². The molecule has 0 radical (unpaired) electrons. The summed E-state index contributed by atoms with van der Waals surface area (Å²) in [6, 6.07) is 13.7. The Morgan fingerprint density at radius 3 is 2.59 bits per heavy atom. The summed E-state index contributed by atoms with van der Waals surface area (Å²) < 4.78 is 5.75. The van der Waals surface area contributed by atoms with E-state index in [2.05, 4.69) is 9.97 Å². The monoisotopic (exact) mass is 428 g/mol. The third-order valence-electron chi connectivity index (χ3n) is 5.97. The fraction of sp³-hybridized carbons (Fsp3) is 0.280. The molecule has 1 saturated heterocycles. The first kappa shape index (κ1) is 20.2. The van der Waals surface area contributed by atoms with Crippen molar-refractivity contribution in [2.24, 2.45) is 0 Å². The van der Waals surface area contributed by atoms with Crippen LogP contribution in [0, 0.1) is 0 Å². The van der Waals surface area contributed by atoms with Gasteiger partial charge < -0.3 is 14.5 Å². The Morgan fingerprint density at radius 2 is 1.88 bits per heavy atom. The second-order valence-corrected chi connectivity index (χ2v) is 8.43. The van der Waals surface area contributed by atoms with Crippen molar-refractivity contribution in [2.75, 3.05) is 25.6 Å². The number of fused-ring (bicyclic) bond motifs is 3. The third kappa shape index (κ3) is 3.70. The van der Waals surface area contributed by atoms with Gasteiger partial charge >= 0.3 is 0 Å². The van der Waals surface area contributed by atoms with Gasteiger partial charge in [0.05, 0.1) is 6.04 Å². The fourth-order valence-electron chi connectivity index (χ4n) is 4.24. The molecule has 1 fully saturated rings. The largest absolute Gasteiger partial charge is 0.474 e. The van der Waals surface area contributed by atoms with E-state index in [4.69, 9.17) is 4.74 Å². The molecule has 1 atom stereocenters. The van der Waals surface area contributed by atoms with E-state index in [1.54, 1.807) is 25.2 Å². The molecule has 2 aliphatic rings. The molecule has 1 aromatic carbocycles. The average molecular weight is 428 g/mol. The number of ether oxygens (including phenoxy) is 1. The molecule has 5 rings (SSSR count). The summed E-state index contributed by atoms with van der Waals surface area (Å²) >= 11 is 0. The summed E-state index contributed by atoms with van der Waals surface area (Å²) in [5.74, 6) is 0.648. The number of nitrogens with zero attached hydrogens (tertiary/aromatic N) is 4. The lowest BCUT2D eigenvalue weighted by Gasteiger charge is -2.31. The molecule has 3 aromatic rings. The predicted molar refractivity (Wildman–Crippen MR) is 121 cm³/mol. The minimum atomic E-state index is -0.0176. The van der Waals surface area contributed by atoms with Crippen LogP contribution in [-0.4, -0.2) is 53.4 Å². The maximum absolute atomic E-state index is 12.3. The van der Waals surface area contributed by atoms with Gasteiger partial charge in [-0.15, -0.1) is 0 Å². The summed E-state index contributed by atoms with van der Waals surface area (Å²) in [6.45, 7) is 0.512. The molecule has 2 aromatic heterocycles. The fourth-order valence-corrected chi connectivity index (χ4v) is 4.24. The number of hydrogen-bond donors (Lipinski definition) is 0. The number of pyridine rings is 2. The minimum Gasteiger partial charge on any atom is -0.474 e. The number of carbonyl (C=O) groups excluding carboxylic acids is 2. The van der Waals surface area contributed by atoms with Crippen molar-refractivity contribution in [3.05, 3.63) is 71.7 Å². The number of benzene rings is 1. The van der Waals surface area contributed by atoms with Crippen LogP contribution in [0.5, 0.6) is 5.88 Å². The number of rotatable bonds is 4. The Kier molecular flexibility index (Phi) is 5.09. The minimum absolute atomic E-state index is 0.0176. The molecular weight excluding hydrogens is 404 g/mol. The van der Waals surface area contributed by atoms with Crippen LogP contribution in [0.25, 0.3) is 11.1 Å². The van der Waals surface area contributed by atoms with E-state index in [9.17, 15) is 9.59 Å². The van der Waals surface area contributed by atoms with Crippen LogP contribution < -0.4 is 9.64 Å². The van der Waals surface area contributed by atoms with Crippen molar-refractivity contribution < 1.29 is 14.3 Å². The van der Waals surface area contributed by atoms with Gasteiger partial charge in [-0.1, -0.05) is 18.2 Å². The Hall–Kier alpha value is -3.74. The molecule has 0 spiro atoms. The zero-order valence-electron chi connectivity index (χ0n) is 18.1. The van der Waals surface area contributed by atoms with Crippen LogP contribution in [0.4, 0.5) is 5.69 Å². The molecule has 32 heavy (non-hydrogen) atoms. The summed E-state index contributed by atoms with van der Waals surface area (Å²) in [5, 5.41) is 0. The van der Waals surface area contributed by atoms with Gasteiger partial charge in [-0.05, 0) is 41.8 Å². The van der Waals surface area contributed by atoms with Crippen LogP contribution in [0.1, 0.15) is 34.5 Å². The number of amides is 2. The summed E-state index contributed by atoms with van der Waals surface area (Å²) in [4.78, 5) is 36.8. The quantitative estimate of drug-likeness (QED) is 0.637. The topological polar surface area (TPSA) is 75.6 Å². The third-order valence-corrected chi connectivity index (χ3v) is 5.97. The number of anilines is 1. The van der Waals surface area contributed by atoms with E-state index < -0.39 is 0 Å². The second-order valence-electron chi connectivity index (χ2n) is 8.43. The highest BCUT2D eigenvalue weighted by Gasteiger charge is 2.38. The molecule has 7 heteroatoms. The molecule has 0 N–H and O–H groups in total. The second kappa shape index (κ2) is 8.07. The molecule has 7 nitrogen and oxygen atoms in total. The highest BCUT2D eigenvalue weighted by atomic mass is 16.5.